The van der Waals surface area contributed by atoms with Crippen LogP contribution in [0.5, 0.6) is 0 Å². The Kier molecular flexibility index (Phi) is 26.5. The van der Waals surface area contributed by atoms with Gasteiger partial charge in [0.15, 0.2) is 0 Å². The summed E-state index contributed by atoms with van der Waals surface area (Å²) in [7, 11) is 3.48. The molecule has 39 heteroatoms. The first-order valence-corrected chi connectivity index (χ1v) is 37.1. The number of ether oxygens (including phenoxy) is 1. The van der Waals surface area contributed by atoms with Gasteiger partial charge >= 0.3 is 12.2 Å². The third kappa shape index (κ3) is 22.7. The number of pyridine rings is 3. The average Bonchev–Trinajstić information content (AvgIpc) is 1.68. The molecule has 0 radical (unpaired) electrons. The number of thiophene rings is 1. The molecule has 5 aromatic carbocycles. The Balaban J connectivity index is 0.000000133. The van der Waals surface area contributed by atoms with Crippen molar-refractivity contribution in [2.75, 3.05) is 63.1 Å². The SMILES string of the molecule is CCCn1cc(-n2cnc(NC(C)=O)n2)ccc1=O.CCCn1cc(-n2cnc(Nc3ccsc3)n2)ccc1=O.Clc1cc(N2CCOCC2)cc(-n2cnc(Nc3ccccc3)n2)c1.Cn1cc(-n2cnc(NC(=O)Nc3ccccc3)n2)ccc1=O.Cn1cc2cc(-n3cnc(Nc4cc(Cl)cc(C(F)(F)F)c4)n3)ccc2n1. The Labute approximate surface area is 666 Å². The number of aryl methyl sites for hydroxylation is 4. The Morgan fingerprint density at radius 3 is 1.51 bits per heavy atom. The molecular weight excluding hydrogens is 1550 g/mol. The summed E-state index contributed by atoms with van der Waals surface area (Å²) in [6.07, 6.45) is 12.0. The standard InChI is InChI=1S/C18H18ClN5O.C17H12ClF3N6.C15H14N6O2.C14H15N5OS.C12H15N5O2/c19-14-10-16(23-6-8-25-9-7-23)12-17(11-14)24-13-20-18(22-24)21-15-4-2-1-3-5-15;1-26-8-10-4-14(2-3-15(10)24-26)27-9-22-16(25-27)23-13-6-11(17(19,20)21)5-12(18)7-13;1-20-9-12(7-8-13(20)22)21-10-16-14(19-21)18-15(23)17-11-5-3-2-4-6-11;1-2-6-18-8-12(3-4-13(18)20)19-10-15-14(17-19)16-11-5-7-21-9-11;1-3-6-16-7-10(4-5-11(16)19)17-8-13-12(15-17)14-9(2)18/h1-5,10-13H,6-9H2,(H,21,22);2-9H,1H3,(H,23,25);2-10H,1H3,(H2,17,18,19,23);3-5,7-10H,2,6H2,1H3,(H,16,17);4-5,7-8H,3,6H2,1-2H3,(H,14,15,18). The monoisotopic (exact) mass is 1620 g/mol. The molecule has 0 spiro atoms. The molecule has 1 aliphatic heterocycles. The van der Waals surface area contributed by atoms with Crippen molar-refractivity contribution in [3.05, 3.63) is 272 Å². The summed E-state index contributed by atoms with van der Waals surface area (Å²) in [4.78, 5) is 80.3. The molecule has 33 nitrogen and oxygen atoms in total. The predicted octanol–water partition coefficient (Wildman–Crippen LogP) is 13.1. The summed E-state index contributed by atoms with van der Waals surface area (Å²) in [6.45, 7) is 9.97. The lowest BCUT2D eigenvalue weighted by atomic mass is 10.2. The Morgan fingerprint density at radius 1 is 0.478 bits per heavy atom. The number of fused-ring (bicyclic) bond motifs is 1. The van der Waals surface area contributed by atoms with Crippen LogP contribution >= 0.6 is 34.5 Å². The summed E-state index contributed by atoms with van der Waals surface area (Å²) in [6, 6.07) is 44.6. The molecule has 115 heavy (non-hydrogen) atoms. The molecule has 1 fully saturated rings. The third-order valence-electron chi connectivity index (χ3n) is 16.4. The molecular formula is C76H74Cl2F3N27O6S. The van der Waals surface area contributed by atoms with Crippen LogP contribution in [0, 0.1) is 0 Å². The second-order valence-electron chi connectivity index (χ2n) is 25.2. The number of halogens is 5. The molecule has 0 unspecified atom stereocenters. The molecule has 16 rings (SSSR count). The van der Waals surface area contributed by atoms with Crippen LogP contribution in [-0.2, 0) is 42.9 Å². The average molecular weight is 1620 g/mol. The number of nitrogens with zero attached hydrogens (tertiary/aromatic N) is 21. The number of amides is 3. The van der Waals surface area contributed by atoms with Gasteiger partial charge in [-0.1, -0.05) is 73.4 Å². The number of nitrogens with one attached hydrogen (secondary N) is 6. The van der Waals surface area contributed by atoms with E-state index in [1.54, 1.807) is 109 Å². The van der Waals surface area contributed by atoms with E-state index in [-0.39, 0.29) is 51.1 Å². The van der Waals surface area contributed by atoms with Gasteiger partial charge in [0.25, 0.3) is 17.1 Å². The van der Waals surface area contributed by atoms with Gasteiger partial charge in [-0.05, 0) is 121 Å². The van der Waals surface area contributed by atoms with Crippen LogP contribution in [0.2, 0.25) is 10.0 Å². The predicted molar refractivity (Wildman–Crippen MR) is 434 cm³/mol. The first-order valence-electron chi connectivity index (χ1n) is 35.4. The smallest absolute Gasteiger partial charge is 0.378 e. The number of hydrogen-bond donors (Lipinski definition) is 6. The van der Waals surface area contributed by atoms with E-state index in [0.29, 0.717) is 41.4 Å². The molecule has 590 valence electrons. The number of para-hydroxylation sites is 2. The van der Waals surface area contributed by atoms with Crippen LogP contribution in [0.15, 0.2) is 239 Å². The van der Waals surface area contributed by atoms with Crippen molar-refractivity contribution in [1.29, 1.82) is 0 Å². The minimum Gasteiger partial charge on any atom is -0.378 e. The third-order valence-corrected chi connectivity index (χ3v) is 17.5. The fourth-order valence-corrected chi connectivity index (χ4v) is 12.1. The first kappa shape index (κ1) is 80.6. The number of morpholine rings is 1. The molecule has 0 bridgehead atoms. The van der Waals surface area contributed by atoms with Gasteiger partial charge < -0.3 is 44.6 Å². The van der Waals surface area contributed by atoms with Crippen LogP contribution in [0.1, 0.15) is 39.2 Å². The van der Waals surface area contributed by atoms with Crippen LogP contribution in [0.4, 0.5) is 76.1 Å². The minimum absolute atomic E-state index is 0.00247. The minimum atomic E-state index is -4.49. The number of urea groups is 1. The van der Waals surface area contributed by atoms with Gasteiger partial charge in [-0.3, -0.25) is 34.5 Å². The zero-order valence-electron chi connectivity index (χ0n) is 62.2. The number of carbonyl (C=O) groups is 2. The normalized spacial score (nSPS) is 11.7. The van der Waals surface area contributed by atoms with Gasteiger partial charge in [0.1, 0.15) is 31.6 Å². The lowest BCUT2D eigenvalue weighted by Gasteiger charge is -2.29. The molecule has 0 saturated carbocycles. The molecule has 1 saturated heterocycles. The zero-order valence-corrected chi connectivity index (χ0v) is 64.5. The van der Waals surface area contributed by atoms with Gasteiger partial charge in [-0.2, -0.15) is 54.5 Å². The summed E-state index contributed by atoms with van der Waals surface area (Å²) in [5, 5.41) is 48.0. The van der Waals surface area contributed by atoms with E-state index < -0.39 is 17.8 Å². The fraction of sp³-hybridized carbons (Fsp3) is 0.184. The van der Waals surface area contributed by atoms with E-state index in [1.807, 2.05) is 123 Å². The molecule has 6 N–H and O–H groups in total. The van der Waals surface area contributed by atoms with Gasteiger partial charge in [-0.25, -0.2) is 28.2 Å². The van der Waals surface area contributed by atoms with Crippen molar-refractivity contribution in [3.8, 4) is 28.4 Å². The maximum absolute atomic E-state index is 12.9. The number of carbonyl (C=O) groups excluding carboxylic acids is 2. The van der Waals surface area contributed by atoms with Gasteiger partial charge in [0.05, 0.1) is 58.4 Å². The van der Waals surface area contributed by atoms with Crippen LogP contribution < -0.4 is 53.5 Å². The van der Waals surface area contributed by atoms with E-state index in [0.717, 1.165) is 102 Å². The highest BCUT2D eigenvalue weighted by molar-refractivity contribution is 7.08. The highest BCUT2D eigenvalue weighted by Gasteiger charge is 2.31. The number of hydrogen-bond acceptors (Lipinski definition) is 22. The second-order valence-corrected chi connectivity index (χ2v) is 26.8. The van der Waals surface area contributed by atoms with Crippen molar-refractivity contribution in [2.24, 2.45) is 14.1 Å². The largest absolute Gasteiger partial charge is 0.416 e. The summed E-state index contributed by atoms with van der Waals surface area (Å²) < 4.78 is 58.5. The van der Waals surface area contributed by atoms with Gasteiger partial charge in [-0.15, -0.1) is 25.5 Å². The maximum atomic E-state index is 12.9. The Bertz CT molecular complexity index is 5950. The molecule has 15 aromatic rings. The number of benzene rings is 5. The fourth-order valence-electron chi connectivity index (χ4n) is 11.1. The second kappa shape index (κ2) is 37.9. The molecule has 10 aromatic heterocycles. The summed E-state index contributed by atoms with van der Waals surface area (Å²) >= 11 is 13.7. The van der Waals surface area contributed by atoms with E-state index in [1.165, 1.54) is 62.7 Å². The van der Waals surface area contributed by atoms with E-state index in [9.17, 15) is 37.1 Å². The van der Waals surface area contributed by atoms with Crippen molar-refractivity contribution in [2.45, 2.75) is 52.9 Å². The lowest BCUT2D eigenvalue weighted by Crippen LogP contribution is -2.36. The number of alkyl halides is 3. The van der Waals surface area contributed by atoms with Gasteiger partial charge in [0, 0.05) is 134 Å². The highest BCUT2D eigenvalue weighted by atomic mass is 35.5. The first-order chi connectivity index (χ1) is 55.5. The molecule has 3 amide bonds. The van der Waals surface area contributed by atoms with Crippen molar-refractivity contribution < 1.29 is 27.5 Å². The van der Waals surface area contributed by atoms with Gasteiger partial charge in [0.2, 0.25) is 35.3 Å². The molecule has 11 heterocycles. The highest BCUT2D eigenvalue weighted by Crippen LogP contribution is 2.34. The number of anilines is 10. The Hall–Kier alpha value is -13.9. The van der Waals surface area contributed by atoms with Crippen molar-refractivity contribution in [1.82, 2.24) is 97.3 Å². The number of rotatable bonds is 19. The van der Waals surface area contributed by atoms with Crippen LogP contribution in [-0.4, -0.2) is 136 Å². The quantitative estimate of drug-likeness (QED) is 0.0438. The summed E-state index contributed by atoms with van der Waals surface area (Å²) in [5.74, 6) is 1.39. The van der Waals surface area contributed by atoms with E-state index in [4.69, 9.17) is 27.9 Å². The van der Waals surface area contributed by atoms with Crippen molar-refractivity contribution in [3.63, 3.8) is 0 Å². The number of aromatic nitrogens is 20. The van der Waals surface area contributed by atoms with E-state index in [2.05, 4.69) is 98.4 Å². The van der Waals surface area contributed by atoms with Crippen LogP contribution in [0.3, 0.4) is 0 Å². The topological polar surface area (TPSA) is 356 Å². The molecule has 0 atom stereocenters. The van der Waals surface area contributed by atoms with E-state index >= 15 is 0 Å². The summed E-state index contributed by atoms with van der Waals surface area (Å²) in [5.41, 5.74) is 7.45. The van der Waals surface area contributed by atoms with Crippen molar-refractivity contribution >= 4 is 116 Å². The zero-order chi connectivity index (χ0) is 81.0. The molecule has 1 aliphatic rings. The molecule has 0 aliphatic carbocycles. The maximum Gasteiger partial charge on any atom is 0.416 e. The Morgan fingerprint density at radius 2 is 0.965 bits per heavy atom. The lowest BCUT2D eigenvalue weighted by molar-refractivity contribution is -0.137. The van der Waals surface area contributed by atoms with Crippen LogP contribution in [0.25, 0.3) is 39.3 Å².